The summed E-state index contributed by atoms with van der Waals surface area (Å²) in [5.41, 5.74) is 10.2. The summed E-state index contributed by atoms with van der Waals surface area (Å²) >= 11 is 0. The second-order valence-electron chi connectivity index (χ2n) is 8.12. The third kappa shape index (κ3) is 3.15. The van der Waals surface area contributed by atoms with Crippen molar-refractivity contribution in [2.45, 2.75) is 40.5 Å². The van der Waals surface area contributed by atoms with E-state index in [0.717, 1.165) is 50.3 Å². The zero-order valence-electron chi connectivity index (χ0n) is 17.4. The highest BCUT2D eigenvalue weighted by atomic mass is 16.6. The molecule has 0 spiro atoms. The number of aliphatic imine (C=N–C) groups is 1. The summed E-state index contributed by atoms with van der Waals surface area (Å²) in [6.07, 6.45) is 0. The number of rotatable bonds is 3. The quantitative estimate of drug-likeness (QED) is 0.288. The van der Waals surface area contributed by atoms with Crippen LogP contribution in [0.4, 0.5) is 11.4 Å². The van der Waals surface area contributed by atoms with Crippen LogP contribution in [0.3, 0.4) is 0 Å². The van der Waals surface area contributed by atoms with E-state index in [9.17, 15) is 10.1 Å². The maximum absolute atomic E-state index is 11.5. The Balaban J connectivity index is 2.07. The predicted octanol–water partition coefficient (Wildman–Crippen LogP) is 6.79. The van der Waals surface area contributed by atoms with Gasteiger partial charge in [-0.25, -0.2) is 4.99 Å². The summed E-state index contributed by atoms with van der Waals surface area (Å²) in [5.74, 6) is 0.332. The number of para-hydroxylation sites is 1. The third-order valence-corrected chi connectivity index (χ3v) is 5.60. The second kappa shape index (κ2) is 6.96. The Morgan fingerprint density at radius 3 is 2.34 bits per heavy atom. The standard InChI is InChI=1S/C25H24N2O2/c1-14(2)19-8-6-7-16(4)24(19)26-25-21-11-15(3)9-10-20(21)23-17(5)12-18(27(28)29)13-22(23)25/h6-14H,1-5H3. The van der Waals surface area contributed by atoms with Gasteiger partial charge in [0.25, 0.3) is 5.69 Å². The summed E-state index contributed by atoms with van der Waals surface area (Å²) in [5, 5.41) is 11.5. The van der Waals surface area contributed by atoms with E-state index in [1.54, 1.807) is 12.1 Å². The lowest BCUT2D eigenvalue weighted by Crippen LogP contribution is -2.01. The molecule has 1 aliphatic carbocycles. The largest absolute Gasteiger partial charge is 0.270 e. The van der Waals surface area contributed by atoms with Crippen molar-refractivity contribution in [3.8, 4) is 11.1 Å². The molecule has 1 aliphatic rings. The minimum absolute atomic E-state index is 0.104. The van der Waals surface area contributed by atoms with Crippen LogP contribution in [0.25, 0.3) is 11.1 Å². The number of benzene rings is 3. The molecule has 4 rings (SSSR count). The first-order chi connectivity index (χ1) is 13.8. The molecular formula is C25H24N2O2. The lowest BCUT2D eigenvalue weighted by atomic mass is 9.97. The number of nitro benzene ring substituents is 1. The van der Waals surface area contributed by atoms with Gasteiger partial charge in [0.05, 0.1) is 16.3 Å². The molecule has 0 unspecified atom stereocenters. The predicted molar refractivity (Wildman–Crippen MR) is 119 cm³/mol. The van der Waals surface area contributed by atoms with Gasteiger partial charge < -0.3 is 0 Å². The summed E-state index contributed by atoms with van der Waals surface area (Å²) < 4.78 is 0. The van der Waals surface area contributed by atoms with Gasteiger partial charge in [-0.05, 0) is 60.6 Å². The van der Waals surface area contributed by atoms with Gasteiger partial charge in [0.1, 0.15) is 0 Å². The second-order valence-corrected chi connectivity index (χ2v) is 8.12. The molecule has 0 N–H and O–H groups in total. The molecule has 0 aliphatic heterocycles. The van der Waals surface area contributed by atoms with Gasteiger partial charge in [0.2, 0.25) is 0 Å². The van der Waals surface area contributed by atoms with Gasteiger partial charge in [0, 0.05) is 23.3 Å². The van der Waals surface area contributed by atoms with Gasteiger partial charge in [-0.3, -0.25) is 10.1 Å². The summed E-state index contributed by atoms with van der Waals surface area (Å²) in [6, 6.07) is 15.9. The highest BCUT2D eigenvalue weighted by Crippen LogP contribution is 2.43. The Morgan fingerprint density at radius 1 is 0.897 bits per heavy atom. The number of aryl methyl sites for hydroxylation is 3. The molecule has 0 aromatic heterocycles. The van der Waals surface area contributed by atoms with Crippen molar-refractivity contribution in [1.29, 1.82) is 0 Å². The number of hydrogen-bond acceptors (Lipinski definition) is 3. The minimum Gasteiger partial charge on any atom is -0.258 e. The van der Waals surface area contributed by atoms with E-state index in [0.29, 0.717) is 5.92 Å². The van der Waals surface area contributed by atoms with Gasteiger partial charge in [-0.15, -0.1) is 0 Å². The lowest BCUT2D eigenvalue weighted by Gasteiger charge is -2.13. The third-order valence-electron chi connectivity index (χ3n) is 5.60. The smallest absolute Gasteiger partial charge is 0.258 e. The molecule has 0 heterocycles. The molecule has 0 fully saturated rings. The van der Waals surface area contributed by atoms with Gasteiger partial charge >= 0.3 is 0 Å². The first-order valence-electron chi connectivity index (χ1n) is 9.87. The van der Waals surface area contributed by atoms with E-state index in [1.165, 1.54) is 5.56 Å². The van der Waals surface area contributed by atoms with Crippen molar-refractivity contribution in [1.82, 2.24) is 0 Å². The number of non-ortho nitro benzene ring substituents is 1. The van der Waals surface area contributed by atoms with E-state index >= 15 is 0 Å². The average molecular weight is 384 g/mol. The number of fused-ring (bicyclic) bond motifs is 3. The van der Waals surface area contributed by atoms with Crippen LogP contribution in [0.2, 0.25) is 0 Å². The molecule has 0 bridgehead atoms. The molecule has 0 atom stereocenters. The lowest BCUT2D eigenvalue weighted by molar-refractivity contribution is -0.384. The number of nitro groups is 1. The Labute approximate surface area is 171 Å². The van der Waals surface area contributed by atoms with Gasteiger partial charge in [-0.2, -0.15) is 0 Å². The van der Waals surface area contributed by atoms with Crippen LogP contribution in [0.15, 0.2) is 53.5 Å². The fourth-order valence-corrected chi connectivity index (χ4v) is 4.17. The Bertz CT molecular complexity index is 1190. The molecule has 3 aromatic carbocycles. The van der Waals surface area contributed by atoms with Crippen molar-refractivity contribution in [2.75, 3.05) is 0 Å². The molecule has 4 heteroatoms. The fraction of sp³-hybridized carbons (Fsp3) is 0.240. The molecule has 0 saturated carbocycles. The zero-order valence-corrected chi connectivity index (χ0v) is 17.4. The monoisotopic (exact) mass is 384 g/mol. The van der Waals surface area contributed by atoms with E-state index in [4.69, 9.17) is 4.99 Å². The molecule has 0 saturated heterocycles. The maximum Gasteiger partial charge on any atom is 0.270 e. The zero-order chi connectivity index (χ0) is 20.9. The first-order valence-corrected chi connectivity index (χ1v) is 9.87. The molecular weight excluding hydrogens is 360 g/mol. The highest BCUT2D eigenvalue weighted by Gasteiger charge is 2.29. The van der Waals surface area contributed by atoms with Crippen molar-refractivity contribution in [3.63, 3.8) is 0 Å². The molecule has 3 aromatic rings. The fourth-order valence-electron chi connectivity index (χ4n) is 4.17. The van der Waals surface area contributed by atoms with Gasteiger partial charge in [0.15, 0.2) is 0 Å². The van der Waals surface area contributed by atoms with Crippen LogP contribution in [0.1, 0.15) is 53.1 Å². The van der Waals surface area contributed by atoms with Crippen LogP contribution < -0.4 is 0 Å². The van der Waals surface area contributed by atoms with Crippen molar-refractivity contribution in [2.24, 2.45) is 4.99 Å². The Kier molecular flexibility index (Phi) is 4.58. The SMILES string of the molecule is Cc1ccc2c(c1)C(=Nc1c(C)cccc1C(C)C)c1cc([N+](=O)[O-])cc(C)c1-2. The average Bonchev–Trinajstić information content (AvgIpc) is 2.96. The van der Waals surface area contributed by atoms with Crippen LogP contribution in [0, 0.1) is 30.9 Å². The normalized spacial score (nSPS) is 13.7. The number of nitrogens with zero attached hydrogens (tertiary/aromatic N) is 2. The van der Waals surface area contributed by atoms with Crippen molar-refractivity contribution < 1.29 is 4.92 Å². The minimum atomic E-state index is -0.327. The maximum atomic E-state index is 11.5. The van der Waals surface area contributed by atoms with E-state index < -0.39 is 0 Å². The highest BCUT2D eigenvalue weighted by molar-refractivity contribution is 6.26. The van der Waals surface area contributed by atoms with Crippen molar-refractivity contribution in [3.05, 3.63) is 92.0 Å². The molecule has 0 amide bonds. The molecule has 146 valence electrons. The van der Waals surface area contributed by atoms with Crippen LogP contribution in [-0.2, 0) is 0 Å². The van der Waals surface area contributed by atoms with Crippen LogP contribution in [-0.4, -0.2) is 10.6 Å². The molecule has 0 radical (unpaired) electrons. The van der Waals surface area contributed by atoms with Gasteiger partial charge in [-0.1, -0.05) is 49.7 Å². The Hall–Kier alpha value is -3.27. The van der Waals surface area contributed by atoms with E-state index in [2.05, 4.69) is 64.1 Å². The number of hydrogen-bond donors (Lipinski definition) is 0. The van der Waals surface area contributed by atoms with Crippen LogP contribution in [0.5, 0.6) is 0 Å². The topological polar surface area (TPSA) is 55.5 Å². The Morgan fingerprint density at radius 2 is 1.66 bits per heavy atom. The summed E-state index contributed by atoms with van der Waals surface area (Å²) in [4.78, 5) is 16.3. The summed E-state index contributed by atoms with van der Waals surface area (Å²) in [6.45, 7) is 10.4. The van der Waals surface area contributed by atoms with E-state index in [-0.39, 0.29) is 10.6 Å². The molecule has 4 nitrogen and oxygen atoms in total. The van der Waals surface area contributed by atoms with E-state index in [1.807, 2.05) is 6.92 Å². The molecule has 29 heavy (non-hydrogen) atoms. The first kappa shape index (κ1) is 19.1. The van der Waals surface area contributed by atoms with Crippen molar-refractivity contribution >= 4 is 17.1 Å². The van der Waals surface area contributed by atoms with Crippen LogP contribution >= 0.6 is 0 Å². The summed E-state index contributed by atoms with van der Waals surface area (Å²) in [7, 11) is 0.